The molecule has 1 saturated heterocycles. The SMILES string of the molecule is CC(=O)OCCCCCCCCOc1ccc2c(c1Cl)CN1C(=N2)NC(=O)C1CO. The van der Waals surface area contributed by atoms with Gasteiger partial charge in [-0.25, -0.2) is 4.99 Å². The smallest absolute Gasteiger partial charge is 0.302 e. The maximum Gasteiger partial charge on any atom is 0.302 e. The molecule has 2 N–H and O–H groups in total. The van der Waals surface area contributed by atoms with Gasteiger partial charge in [0.15, 0.2) is 0 Å². The number of rotatable bonds is 11. The largest absolute Gasteiger partial charge is 0.492 e. The van der Waals surface area contributed by atoms with Crippen molar-refractivity contribution in [2.24, 2.45) is 4.99 Å². The van der Waals surface area contributed by atoms with E-state index in [9.17, 15) is 14.7 Å². The van der Waals surface area contributed by atoms with Crippen molar-refractivity contribution in [3.8, 4) is 5.75 Å². The van der Waals surface area contributed by atoms with Gasteiger partial charge in [-0.2, -0.15) is 0 Å². The lowest BCUT2D eigenvalue weighted by Crippen LogP contribution is -2.39. The van der Waals surface area contributed by atoms with Crippen LogP contribution in [0.3, 0.4) is 0 Å². The van der Waals surface area contributed by atoms with E-state index in [1.54, 1.807) is 11.0 Å². The van der Waals surface area contributed by atoms with Crippen LogP contribution in [0.25, 0.3) is 0 Å². The summed E-state index contributed by atoms with van der Waals surface area (Å²) in [4.78, 5) is 28.8. The molecule has 0 spiro atoms. The number of fused-ring (bicyclic) bond motifs is 2. The number of carbonyl (C=O) groups is 2. The van der Waals surface area contributed by atoms with Gasteiger partial charge in [-0.1, -0.05) is 37.3 Å². The summed E-state index contributed by atoms with van der Waals surface area (Å²) in [5, 5.41) is 12.7. The van der Waals surface area contributed by atoms with Gasteiger partial charge in [0.25, 0.3) is 5.91 Å². The first-order valence-corrected chi connectivity index (χ1v) is 10.7. The highest BCUT2D eigenvalue weighted by molar-refractivity contribution is 6.33. The third-order valence-corrected chi connectivity index (χ3v) is 5.61. The quantitative estimate of drug-likeness (QED) is 0.408. The number of hydrogen-bond donors (Lipinski definition) is 2. The first-order valence-electron chi connectivity index (χ1n) is 10.4. The number of hydrogen-bond acceptors (Lipinski definition) is 7. The second-order valence-electron chi connectivity index (χ2n) is 7.44. The van der Waals surface area contributed by atoms with Crippen molar-refractivity contribution >= 4 is 35.1 Å². The lowest BCUT2D eigenvalue weighted by molar-refractivity contribution is -0.141. The molecule has 3 rings (SSSR count). The van der Waals surface area contributed by atoms with Gasteiger partial charge < -0.3 is 19.5 Å². The second-order valence-corrected chi connectivity index (χ2v) is 7.81. The van der Waals surface area contributed by atoms with Crippen molar-refractivity contribution in [1.29, 1.82) is 0 Å². The zero-order valence-corrected chi connectivity index (χ0v) is 17.9. The Kier molecular flexibility index (Phi) is 7.93. The number of benzene rings is 1. The van der Waals surface area contributed by atoms with Gasteiger partial charge >= 0.3 is 5.97 Å². The highest BCUT2D eigenvalue weighted by Crippen LogP contribution is 2.39. The molecule has 1 aromatic rings. The van der Waals surface area contributed by atoms with Crippen molar-refractivity contribution in [3.05, 3.63) is 22.7 Å². The Balaban J connectivity index is 1.42. The van der Waals surface area contributed by atoms with Crippen LogP contribution >= 0.6 is 11.6 Å². The molecule has 2 aliphatic rings. The molecule has 164 valence electrons. The molecule has 0 aliphatic carbocycles. The number of amides is 1. The summed E-state index contributed by atoms with van der Waals surface area (Å²) < 4.78 is 10.8. The van der Waals surface area contributed by atoms with E-state index in [1.165, 1.54) is 6.92 Å². The van der Waals surface area contributed by atoms with Crippen molar-refractivity contribution in [2.75, 3.05) is 19.8 Å². The average molecular weight is 438 g/mol. The summed E-state index contributed by atoms with van der Waals surface area (Å²) >= 11 is 6.55. The number of carbonyl (C=O) groups excluding carboxylic acids is 2. The number of aliphatic hydroxyl groups is 1. The summed E-state index contributed by atoms with van der Waals surface area (Å²) in [5.74, 6) is 0.570. The van der Waals surface area contributed by atoms with E-state index in [4.69, 9.17) is 21.1 Å². The number of nitrogens with zero attached hydrogens (tertiary/aromatic N) is 2. The summed E-state index contributed by atoms with van der Waals surface area (Å²) in [7, 11) is 0. The van der Waals surface area contributed by atoms with Gasteiger partial charge in [0.2, 0.25) is 5.96 Å². The Morgan fingerprint density at radius 3 is 2.63 bits per heavy atom. The standard InChI is InChI=1S/C21H28ClN3O5/c1-14(27)29-10-6-4-2-3-5-7-11-30-18-9-8-16-15(19(18)22)12-25-17(13-26)20(28)24-21(25)23-16/h8-9,17,26H,2-7,10-13H2,1H3,(H,23,24,28). The summed E-state index contributed by atoms with van der Waals surface area (Å²) in [6.07, 6.45) is 6.16. The van der Waals surface area contributed by atoms with Gasteiger partial charge in [-0.15, -0.1) is 0 Å². The van der Waals surface area contributed by atoms with Crippen LogP contribution < -0.4 is 10.1 Å². The Hall–Kier alpha value is -2.32. The minimum Gasteiger partial charge on any atom is -0.492 e. The second kappa shape index (κ2) is 10.6. The lowest BCUT2D eigenvalue weighted by Gasteiger charge is -2.28. The number of ether oxygens (including phenoxy) is 2. The molecule has 2 aliphatic heterocycles. The number of nitrogens with one attached hydrogen (secondary N) is 1. The first kappa shape index (κ1) is 22.4. The van der Waals surface area contributed by atoms with E-state index in [2.05, 4.69) is 10.3 Å². The fourth-order valence-corrected chi connectivity index (χ4v) is 3.84. The number of aliphatic hydroxyl groups excluding tert-OH is 1. The number of unbranched alkanes of at least 4 members (excludes halogenated alkanes) is 5. The fourth-order valence-electron chi connectivity index (χ4n) is 3.56. The maximum atomic E-state index is 11.9. The lowest BCUT2D eigenvalue weighted by atomic mass is 10.1. The molecule has 30 heavy (non-hydrogen) atoms. The Morgan fingerprint density at radius 2 is 1.93 bits per heavy atom. The van der Waals surface area contributed by atoms with E-state index in [0.717, 1.165) is 44.1 Å². The normalized spacial score (nSPS) is 17.2. The summed E-state index contributed by atoms with van der Waals surface area (Å²) in [6.45, 7) is 2.61. The molecule has 0 saturated carbocycles. The highest BCUT2D eigenvalue weighted by atomic mass is 35.5. The molecule has 1 atom stereocenters. The van der Waals surface area contributed by atoms with E-state index in [1.807, 2.05) is 6.07 Å². The predicted octanol–water partition coefficient (Wildman–Crippen LogP) is 2.92. The zero-order valence-electron chi connectivity index (χ0n) is 17.2. The molecule has 0 aromatic heterocycles. The van der Waals surface area contributed by atoms with Crippen molar-refractivity contribution < 1.29 is 24.2 Å². The molecule has 1 unspecified atom stereocenters. The van der Waals surface area contributed by atoms with Crippen LogP contribution in [0.2, 0.25) is 5.02 Å². The Labute approximate surface area is 181 Å². The maximum absolute atomic E-state index is 11.9. The third-order valence-electron chi connectivity index (χ3n) is 5.20. The van der Waals surface area contributed by atoms with Crippen LogP contribution in [0, 0.1) is 0 Å². The highest BCUT2D eigenvalue weighted by Gasteiger charge is 2.39. The van der Waals surface area contributed by atoms with E-state index >= 15 is 0 Å². The van der Waals surface area contributed by atoms with Crippen molar-refractivity contribution in [2.45, 2.75) is 58.0 Å². The van der Waals surface area contributed by atoms with Crippen LogP contribution in [0.4, 0.5) is 5.69 Å². The number of guanidine groups is 1. The summed E-state index contributed by atoms with van der Waals surface area (Å²) in [6, 6.07) is 2.99. The van der Waals surface area contributed by atoms with Gasteiger partial charge in [-0.05, 0) is 25.0 Å². The van der Waals surface area contributed by atoms with Crippen molar-refractivity contribution in [3.63, 3.8) is 0 Å². The van der Waals surface area contributed by atoms with E-state index < -0.39 is 6.04 Å². The predicted molar refractivity (Wildman–Crippen MR) is 113 cm³/mol. The van der Waals surface area contributed by atoms with Crippen LogP contribution in [0.15, 0.2) is 17.1 Å². The average Bonchev–Trinajstić information content (AvgIpc) is 3.03. The molecule has 1 fully saturated rings. The molecular weight excluding hydrogens is 410 g/mol. The van der Waals surface area contributed by atoms with Gasteiger partial charge in [0.1, 0.15) is 11.8 Å². The van der Waals surface area contributed by atoms with Crippen molar-refractivity contribution in [1.82, 2.24) is 10.2 Å². The number of aliphatic imine (C=N–C) groups is 1. The topological polar surface area (TPSA) is 100 Å². The molecular formula is C21H28ClN3O5. The third kappa shape index (κ3) is 5.43. The van der Waals surface area contributed by atoms with Crippen LogP contribution in [-0.2, 0) is 20.9 Å². The molecule has 0 radical (unpaired) electrons. The van der Waals surface area contributed by atoms with Crippen LogP contribution in [0.5, 0.6) is 5.75 Å². The molecule has 1 amide bonds. The van der Waals surface area contributed by atoms with E-state index in [-0.39, 0.29) is 18.5 Å². The molecule has 0 bridgehead atoms. The monoisotopic (exact) mass is 437 g/mol. The zero-order chi connectivity index (χ0) is 21.5. The number of halogens is 1. The molecule has 8 nitrogen and oxygen atoms in total. The number of esters is 1. The summed E-state index contributed by atoms with van der Waals surface area (Å²) in [5.41, 5.74) is 1.49. The van der Waals surface area contributed by atoms with Gasteiger partial charge in [0, 0.05) is 12.5 Å². The van der Waals surface area contributed by atoms with Gasteiger partial charge in [-0.3, -0.25) is 14.9 Å². The van der Waals surface area contributed by atoms with E-state index in [0.29, 0.717) is 42.2 Å². The Bertz CT molecular complexity index is 814. The van der Waals surface area contributed by atoms with Gasteiger partial charge in [0.05, 0.1) is 37.1 Å². The van der Waals surface area contributed by atoms with Crippen LogP contribution in [0.1, 0.15) is 51.0 Å². The minimum absolute atomic E-state index is 0.223. The first-order chi connectivity index (χ1) is 14.5. The molecule has 2 heterocycles. The molecule has 1 aromatic carbocycles. The Morgan fingerprint density at radius 1 is 1.23 bits per heavy atom. The fraction of sp³-hybridized carbons (Fsp3) is 0.571. The van der Waals surface area contributed by atoms with Crippen LogP contribution in [-0.4, -0.2) is 53.7 Å². The molecule has 9 heteroatoms. The minimum atomic E-state index is -0.647.